The highest BCUT2D eigenvalue weighted by atomic mass is 127. The smallest absolute Gasteiger partial charge is 0.191 e. The Balaban J connectivity index is 0.00000288. The van der Waals surface area contributed by atoms with Gasteiger partial charge in [0.05, 0.1) is 0 Å². The topological polar surface area (TPSA) is 39.7 Å². The molecule has 136 valence electrons. The van der Waals surface area contributed by atoms with Crippen LogP contribution in [0.2, 0.25) is 0 Å². The van der Waals surface area contributed by atoms with Gasteiger partial charge in [0.1, 0.15) is 0 Å². The number of guanidine groups is 1. The van der Waals surface area contributed by atoms with E-state index in [-0.39, 0.29) is 24.0 Å². The van der Waals surface area contributed by atoms with Crippen molar-refractivity contribution in [3.05, 3.63) is 30.3 Å². The van der Waals surface area contributed by atoms with Crippen molar-refractivity contribution in [2.24, 2.45) is 4.99 Å². The van der Waals surface area contributed by atoms with Crippen LogP contribution in [0, 0.1) is 0 Å². The molecule has 1 aromatic rings. The molecule has 1 fully saturated rings. The number of piperidine rings is 1. The molecule has 0 amide bonds. The van der Waals surface area contributed by atoms with Crippen molar-refractivity contribution in [2.45, 2.75) is 31.7 Å². The molecule has 0 bridgehead atoms. The van der Waals surface area contributed by atoms with E-state index in [0.717, 1.165) is 38.4 Å². The second kappa shape index (κ2) is 12.7. The summed E-state index contributed by atoms with van der Waals surface area (Å²) in [5.41, 5.74) is 1.34. The molecule has 6 heteroatoms. The van der Waals surface area contributed by atoms with Gasteiger partial charge in [-0.1, -0.05) is 18.2 Å². The minimum Gasteiger partial charge on any atom is -0.371 e. The number of nitrogens with one attached hydrogen (secondary N) is 2. The fourth-order valence-electron chi connectivity index (χ4n) is 2.89. The third kappa shape index (κ3) is 7.51. The number of aliphatic imine (C=N–C) groups is 1. The van der Waals surface area contributed by atoms with Crippen LogP contribution >= 0.6 is 35.7 Å². The summed E-state index contributed by atoms with van der Waals surface area (Å²) < 4.78 is 0. The zero-order chi connectivity index (χ0) is 16.3. The van der Waals surface area contributed by atoms with Crippen molar-refractivity contribution in [1.82, 2.24) is 10.6 Å². The maximum absolute atomic E-state index is 4.35. The molecule has 24 heavy (non-hydrogen) atoms. The van der Waals surface area contributed by atoms with E-state index < -0.39 is 0 Å². The molecule has 1 saturated heterocycles. The lowest BCUT2D eigenvalue weighted by atomic mass is 10.0. The number of rotatable bonds is 7. The van der Waals surface area contributed by atoms with Crippen LogP contribution < -0.4 is 15.5 Å². The first kappa shape index (κ1) is 21.4. The van der Waals surface area contributed by atoms with E-state index in [1.807, 2.05) is 18.8 Å². The Kier molecular flexibility index (Phi) is 11.3. The minimum absolute atomic E-state index is 0. The largest absolute Gasteiger partial charge is 0.371 e. The molecule has 0 atom stereocenters. The van der Waals surface area contributed by atoms with E-state index in [9.17, 15) is 0 Å². The van der Waals surface area contributed by atoms with Crippen molar-refractivity contribution in [3.8, 4) is 0 Å². The highest BCUT2D eigenvalue weighted by molar-refractivity contribution is 14.0. The molecule has 2 N–H and O–H groups in total. The summed E-state index contributed by atoms with van der Waals surface area (Å²) in [6, 6.07) is 11.2. The van der Waals surface area contributed by atoms with E-state index in [0.29, 0.717) is 6.04 Å². The Morgan fingerprint density at radius 1 is 1.21 bits per heavy atom. The Morgan fingerprint density at radius 2 is 1.92 bits per heavy atom. The number of hydrogen-bond acceptors (Lipinski definition) is 3. The van der Waals surface area contributed by atoms with Crippen LogP contribution in [0.3, 0.4) is 0 Å². The number of halogens is 1. The maximum Gasteiger partial charge on any atom is 0.191 e. The van der Waals surface area contributed by atoms with Crippen molar-refractivity contribution < 1.29 is 0 Å². The summed E-state index contributed by atoms with van der Waals surface area (Å²) in [5, 5.41) is 7.01. The molecule has 4 nitrogen and oxygen atoms in total. The first-order valence-electron chi connectivity index (χ1n) is 8.59. The fourth-order valence-corrected chi connectivity index (χ4v) is 3.38. The first-order chi connectivity index (χ1) is 11.3. The predicted octanol–water partition coefficient (Wildman–Crippen LogP) is 3.58. The number of unbranched alkanes of at least 4 members (excludes halogenated alkanes) is 1. The Labute approximate surface area is 168 Å². The molecule has 1 aromatic carbocycles. The first-order valence-corrected chi connectivity index (χ1v) is 9.99. The van der Waals surface area contributed by atoms with Crippen LogP contribution in [0.4, 0.5) is 5.69 Å². The summed E-state index contributed by atoms with van der Waals surface area (Å²) in [6.07, 6.45) is 6.94. The summed E-state index contributed by atoms with van der Waals surface area (Å²) in [6.45, 7) is 3.21. The average Bonchev–Trinajstić information content (AvgIpc) is 2.62. The van der Waals surface area contributed by atoms with Crippen LogP contribution in [0.15, 0.2) is 35.3 Å². The van der Waals surface area contributed by atoms with Gasteiger partial charge in [-0.25, -0.2) is 0 Å². The minimum atomic E-state index is 0. The van der Waals surface area contributed by atoms with E-state index >= 15 is 0 Å². The van der Waals surface area contributed by atoms with E-state index in [1.165, 1.54) is 24.3 Å². The van der Waals surface area contributed by atoms with Crippen molar-refractivity contribution in [3.63, 3.8) is 0 Å². The molecule has 2 rings (SSSR count). The zero-order valence-corrected chi connectivity index (χ0v) is 18.0. The lowest BCUT2D eigenvalue weighted by Crippen LogP contribution is -2.48. The standard InChI is InChI=1S/C18H30N4S.HI/c1-19-18(20-12-6-7-15-23-2)21-16-10-13-22(14-11-16)17-8-4-3-5-9-17;/h3-5,8-9,16H,6-7,10-15H2,1-2H3,(H2,19,20,21);1H. The number of benzene rings is 1. The second-order valence-electron chi connectivity index (χ2n) is 5.94. The molecule has 1 aliphatic heterocycles. The van der Waals surface area contributed by atoms with E-state index in [2.05, 4.69) is 57.1 Å². The van der Waals surface area contributed by atoms with E-state index in [1.54, 1.807) is 0 Å². The number of hydrogen-bond donors (Lipinski definition) is 2. The molecule has 1 heterocycles. The van der Waals surface area contributed by atoms with Gasteiger partial charge in [-0.05, 0) is 49.8 Å². The maximum atomic E-state index is 4.35. The molecule has 0 radical (unpaired) electrons. The van der Waals surface area contributed by atoms with Crippen molar-refractivity contribution in [1.29, 1.82) is 0 Å². The monoisotopic (exact) mass is 462 g/mol. The van der Waals surface area contributed by atoms with Gasteiger partial charge < -0.3 is 15.5 Å². The second-order valence-corrected chi connectivity index (χ2v) is 6.93. The normalized spacial score (nSPS) is 15.8. The highest BCUT2D eigenvalue weighted by Crippen LogP contribution is 2.19. The van der Waals surface area contributed by atoms with Gasteiger partial charge in [0.15, 0.2) is 5.96 Å². The van der Waals surface area contributed by atoms with Gasteiger partial charge >= 0.3 is 0 Å². The Bertz CT molecular complexity index is 461. The average molecular weight is 462 g/mol. The highest BCUT2D eigenvalue weighted by Gasteiger charge is 2.19. The number of nitrogens with zero attached hydrogens (tertiary/aromatic N) is 2. The van der Waals surface area contributed by atoms with Crippen LogP contribution in [-0.4, -0.2) is 50.7 Å². The summed E-state index contributed by atoms with van der Waals surface area (Å²) in [4.78, 5) is 6.82. The van der Waals surface area contributed by atoms with Crippen molar-refractivity contribution >= 4 is 47.4 Å². The summed E-state index contributed by atoms with van der Waals surface area (Å²) in [5.74, 6) is 2.19. The molecule has 0 saturated carbocycles. The van der Waals surface area contributed by atoms with Gasteiger partial charge in [0.25, 0.3) is 0 Å². The van der Waals surface area contributed by atoms with Crippen LogP contribution in [0.25, 0.3) is 0 Å². The van der Waals surface area contributed by atoms with Gasteiger partial charge in [0, 0.05) is 38.4 Å². The lowest BCUT2D eigenvalue weighted by molar-refractivity contribution is 0.461. The van der Waals surface area contributed by atoms with Gasteiger partial charge in [-0.15, -0.1) is 24.0 Å². The summed E-state index contributed by atoms with van der Waals surface area (Å²) >= 11 is 1.91. The number of anilines is 1. The third-order valence-electron chi connectivity index (χ3n) is 4.25. The number of para-hydroxylation sites is 1. The molecule has 0 aromatic heterocycles. The molecule has 0 spiro atoms. The SMILES string of the molecule is CN=C(NCCCCSC)NC1CCN(c2ccccc2)CC1.I. The fraction of sp³-hybridized carbons (Fsp3) is 0.611. The summed E-state index contributed by atoms with van der Waals surface area (Å²) in [7, 11) is 1.86. The molecule has 1 aliphatic rings. The molecule has 0 unspecified atom stereocenters. The van der Waals surface area contributed by atoms with Gasteiger partial charge in [0.2, 0.25) is 0 Å². The van der Waals surface area contributed by atoms with Crippen molar-refractivity contribution in [2.75, 3.05) is 43.6 Å². The quantitative estimate of drug-likeness (QED) is 0.281. The lowest BCUT2D eigenvalue weighted by Gasteiger charge is -2.34. The van der Waals surface area contributed by atoms with Gasteiger partial charge in [-0.2, -0.15) is 11.8 Å². The molecular formula is C18H31IN4S. The Morgan fingerprint density at radius 3 is 2.54 bits per heavy atom. The molecular weight excluding hydrogens is 431 g/mol. The van der Waals surface area contributed by atoms with Gasteiger partial charge in [-0.3, -0.25) is 4.99 Å². The van der Waals surface area contributed by atoms with E-state index in [4.69, 9.17) is 0 Å². The zero-order valence-electron chi connectivity index (χ0n) is 14.8. The van der Waals surface area contributed by atoms with Crippen LogP contribution in [0.5, 0.6) is 0 Å². The Hall–Kier alpha value is -0.630. The molecule has 0 aliphatic carbocycles. The van der Waals surface area contributed by atoms with Crippen LogP contribution in [0.1, 0.15) is 25.7 Å². The third-order valence-corrected chi connectivity index (χ3v) is 4.95. The number of thioether (sulfide) groups is 1. The van der Waals surface area contributed by atoms with Crippen LogP contribution in [-0.2, 0) is 0 Å². The predicted molar refractivity (Wildman–Crippen MR) is 119 cm³/mol.